The molecule has 0 spiro atoms. The molecular formula is C21H23N3O. The maximum Gasteiger partial charge on any atom is 0.267 e. The van der Waals surface area contributed by atoms with Gasteiger partial charge in [-0.05, 0) is 44.4 Å². The van der Waals surface area contributed by atoms with Crippen LogP contribution in [0, 0.1) is 32.1 Å². The van der Waals surface area contributed by atoms with Crippen LogP contribution in [0.3, 0.4) is 0 Å². The fourth-order valence-electron chi connectivity index (χ4n) is 2.75. The minimum Gasteiger partial charge on any atom is -0.383 e. The molecule has 0 saturated heterocycles. The lowest BCUT2D eigenvalue weighted by Crippen LogP contribution is -2.19. The van der Waals surface area contributed by atoms with Gasteiger partial charge >= 0.3 is 0 Å². The van der Waals surface area contributed by atoms with Crippen molar-refractivity contribution in [1.82, 2.24) is 5.32 Å². The van der Waals surface area contributed by atoms with Gasteiger partial charge in [-0.1, -0.05) is 48.0 Å². The molecule has 1 atom stereocenters. The summed E-state index contributed by atoms with van der Waals surface area (Å²) in [5.41, 5.74) is 4.99. The molecule has 1 unspecified atom stereocenters. The molecule has 0 saturated carbocycles. The second-order valence-corrected chi connectivity index (χ2v) is 6.20. The van der Waals surface area contributed by atoms with Crippen molar-refractivity contribution in [2.24, 2.45) is 0 Å². The zero-order valence-electron chi connectivity index (χ0n) is 15.1. The molecule has 0 aliphatic heterocycles. The van der Waals surface area contributed by atoms with Crippen molar-refractivity contribution in [1.29, 1.82) is 5.26 Å². The third-order valence-corrected chi connectivity index (χ3v) is 4.06. The fourth-order valence-corrected chi connectivity index (χ4v) is 2.75. The third-order valence-electron chi connectivity index (χ3n) is 4.06. The third kappa shape index (κ3) is 4.71. The zero-order chi connectivity index (χ0) is 18.4. The number of carbonyl (C=O) groups is 1. The van der Waals surface area contributed by atoms with Crippen molar-refractivity contribution in [3.63, 3.8) is 0 Å². The monoisotopic (exact) mass is 333 g/mol. The molecule has 1 amide bonds. The van der Waals surface area contributed by atoms with E-state index in [1.54, 1.807) is 0 Å². The van der Waals surface area contributed by atoms with E-state index in [0.29, 0.717) is 0 Å². The highest BCUT2D eigenvalue weighted by Gasteiger charge is 2.13. The average molecular weight is 333 g/mol. The largest absolute Gasteiger partial charge is 0.383 e. The number of aryl methyl sites for hydroxylation is 3. The lowest BCUT2D eigenvalue weighted by atomic mass is 10.0. The predicted molar refractivity (Wildman–Crippen MR) is 101 cm³/mol. The molecule has 0 radical (unpaired) electrons. The molecule has 0 aliphatic rings. The van der Waals surface area contributed by atoms with Crippen LogP contribution in [0.1, 0.15) is 35.2 Å². The first-order valence-electron chi connectivity index (χ1n) is 8.23. The summed E-state index contributed by atoms with van der Waals surface area (Å²) in [6, 6.07) is 15.8. The van der Waals surface area contributed by atoms with Gasteiger partial charge in [-0.25, -0.2) is 0 Å². The standard InChI is InChI=1S/C21H23N3O/c1-14-10-15(2)20(16(3)11-14)24-21(25)19(12-22)13-23-17(4)18-8-6-5-7-9-18/h5-11,13,17,23H,1-4H3,(H,24,25)/b19-13-. The maximum atomic E-state index is 12.4. The van der Waals surface area contributed by atoms with E-state index in [1.807, 2.05) is 76.2 Å². The highest BCUT2D eigenvalue weighted by atomic mass is 16.1. The van der Waals surface area contributed by atoms with Crippen molar-refractivity contribution in [3.8, 4) is 6.07 Å². The molecular weight excluding hydrogens is 310 g/mol. The summed E-state index contributed by atoms with van der Waals surface area (Å²) < 4.78 is 0. The van der Waals surface area contributed by atoms with Crippen LogP contribution in [-0.2, 0) is 4.79 Å². The van der Waals surface area contributed by atoms with Gasteiger partial charge in [0.05, 0.1) is 0 Å². The SMILES string of the molecule is Cc1cc(C)c(NC(=O)/C(C#N)=C\NC(C)c2ccccc2)c(C)c1. The second-order valence-electron chi connectivity index (χ2n) is 6.20. The summed E-state index contributed by atoms with van der Waals surface area (Å²) in [5, 5.41) is 15.3. The Labute approximate surface area is 149 Å². The first-order chi connectivity index (χ1) is 11.9. The molecule has 2 N–H and O–H groups in total. The Morgan fingerprint density at radius 2 is 1.72 bits per heavy atom. The van der Waals surface area contributed by atoms with Gasteiger partial charge in [-0.2, -0.15) is 5.26 Å². The topological polar surface area (TPSA) is 64.9 Å². The van der Waals surface area contributed by atoms with Gasteiger partial charge < -0.3 is 10.6 Å². The van der Waals surface area contributed by atoms with Crippen molar-refractivity contribution in [2.45, 2.75) is 33.7 Å². The maximum absolute atomic E-state index is 12.4. The summed E-state index contributed by atoms with van der Waals surface area (Å²) in [4.78, 5) is 12.4. The van der Waals surface area contributed by atoms with Gasteiger partial charge in [-0.15, -0.1) is 0 Å². The molecule has 25 heavy (non-hydrogen) atoms. The molecule has 0 heterocycles. The Hall–Kier alpha value is -3.06. The van der Waals surface area contributed by atoms with Crippen LogP contribution in [0.2, 0.25) is 0 Å². The minimum absolute atomic E-state index is 0.000182. The Kier molecular flexibility index (Phi) is 5.97. The molecule has 128 valence electrons. The zero-order valence-corrected chi connectivity index (χ0v) is 15.1. The van der Waals surface area contributed by atoms with E-state index in [-0.39, 0.29) is 11.6 Å². The van der Waals surface area contributed by atoms with E-state index in [1.165, 1.54) is 6.20 Å². The smallest absolute Gasteiger partial charge is 0.267 e. The Balaban J connectivity index is 2.12. The summed E-state index contributed by atoms with van der Waals surface area (Å²) >= 11 is 0. The van der Waals surface area contributed by atoms with Gasteiger partial charge in [0.2, 0.25) is 0 Å². The van der Waals surface area contributed by atoms with Crippen molar-refractivity contribution in [2.75, 3.05) is 5.32 Å². The summed E-state index contributed by atoms with van der Waals surface area (Å²) in [7, 11) is 0. The van der Waals surface area contributed by atoms with E-state index in [0.717, 1.165) is 27.9 Å². The summed E-state index contributed by atoms with van der Waals surface area (Å²) in [6.45, 7) is 7.89. The Morgan fingerprint density at radius 3 is 2.28 bits per heavy atom. The Morgan fingerprint density at radius 1 is 1.12 bits per heavy atom. The number of rotatable bonds is 5. The summed E-state index contributed by atoms with van der Waals surface area (Å²) in [5.74, 6) is -0.412. The molecule has 2 rings (SSSR count). The van der Waals surface area contributed by atoms with Crippen LogP contribution in [0.4, 0.5) is 5.69 Å². The van der Waals surface area contributed by atoms with E-state index in [4.69, 9.17) is 0 Å². The minimum atomic E-state index is -0.412. The van der Waals surface area contributed by atoms with Gasteiger partial charge in [0, 0.05) is 17.9 Å². The van der Waals surface area contributed by atoms with Gasteiger partial charge in [0.25, 0.3) is 5.91 Å². The number of anilines is 1. The number of nitriles is 1. The van der Waals surface area contributed by atoms with Crippen molar-refractivity contribution >= 4 is 11.6 Å². The van der Waals surface area contributed by atoms with Crippen LogP contribution in [0.15, 0.2) is 54.2 Å². The van der Waals surface area contributed by atoms with Crippen LogP contribution >= 0.6 is 0 Å². The molecule has 0 fully saturated rings. The molecule has 2 aromatic rings. The lowest BCUT2D eigenvalue weighted by molar-refractivity contribution is -0.112. The summed E-state index contributed by atoms with van der Waals surface area (Å²) in [6.07, 6.45) is 1.48. The number of nitrogens with zero attached hydrogens (tertiary/aromatic N) is 1. The number of amides is 1. The quantitative estimate of drug-likeness (QED) is 0.633. The number of nitrogens with one attached hydrogen (secondary N) is 2. The van der Waals surface area contributed by atoms with Crippen molar-refractivity contribution < 1.29 is 4.79 Å². The Bertz CT molecular complexity index is 809. The van der Waals surface area contributed by atoms with Crippen LogP contribution in [0.5, 0.6) is 0 Å². The number of hydrogen-bond donors (Lipinski definition) is 2. The van der Waals surface area contributed by atoms with Gasteiger partial charge in [0.15, 0.2) is 0 Å². The molecule has 0 bridgehead atoms. The number of carbonyl (C=O) groups excluding carboxylic acids is 1. The molecule has 4 heteroatoms. The molecule has 0 aliphatic carbocycles. The molecule has 0 aromatic heterocycles. The van der Waals surface area contributed by atoms with Crippen molar-refractivity contribution in [3.05, 3.63) is 76.5 Å². The second kappa shape index (κ2) is 8.16. The number of hydrogen-bond acceptors (Lipinski definition) is 3. The molecule has 2 aromatic carbocycles. The predicted octanol–water partition coefficient (Wildman–Crippen LogP) is 4.31. The van der Waals surface area contributed by atoms with Crippen LogP contribution in [0.25, 0.3) is 0 Å². The first kappa shape index (κ1) is 18.3. The lowest BCUT2D eigenvalue weighted by Gasteiger charge is -2.14. The normalized spacial score (nSPS) is 12.2. The average Bonchev–Trinajstić information content (AvgIpc) is 2.59. The molecule has 4 nitrogen and oxygen atoms in total. The van der Waals surface area contributed by atoms with Crippen LogP contribution < -0.4 is 10.6 Å². The van der Waals surface area contributed by atoms with E-state index >= 15 is 0 Å². The highest BCUT2D eigenvalue weighted by molar-refractivity contribution is 6.07. The van der Waals surface area contributed by atoms with E-state index in [9.17, 15) is 10.1 Å². The van der Waals surface area contributed by atoms with Gasteiger partial charge in [0.1, 0.15) is 11.6 Å². The van der Waals surface area contributed by atoms with Gasteiger partial charge in [-0.3, -0.25) is 4.79 Å². The first-order valence-corrected chi connectivity index (χ1v) is 8.23. The highest BCUT2D eigenvalue weighted by Crippen LogP contribution is 2.22. The van der Waals surface area contributed by atoms with Crippen LogP contribution in [-0.4, -0.2) is 5.91 Å². The van der Waals surface area contributed by atoms with E-state index in [2.05, 4.69) is 10.6 Å². The van der Waals surface area contributed by atoms with E-state index < -0.39 is 5.91 Å². The fraction of sp³-hybridized carbons (Fsp3) is 0.238. The number of benzene rings is 2.